The quantitative estimate of drug-likeness (QED) is 0.800. The SMILES string of the molecule is CCCCNc1[nH]c(-c2ccccc2F)c(C)c1C#N. The molecule has 1 aromatic heterocycles. The summed E-state index contributed by atoms with van der Waals surface area (Å²) in [5.41, 5.74) is 2.49. The summed E-state index contributed by atoms with van der Waals surface area (Å²) in [6.45, 7) is 4.74. The number of H-pyrrole nitrogens is 1. The fourth-order valence-corrected chi connectivity index (χ4v) is 2.19. The first-order valence-electron chi connectivity index (χ1n) is 6.80. The van der Waals surface area contributed by atoms with Gasteiger partial charge in [0, 0.05) is 12.1 Å². The van der Waals surface area contributed by atoms with Crippen LogP contribution < -0.4 is 5.32 Å². The van der Waals surface area contributed by atoms with Crippen molar-refractivity contribution in [2.45, 2.75) is 26.7 Å². The zero-order valence-corrected chi connectivity index (χ0v) is 11.8. The summed E-state index contributed by atoms with van der Waals surface area (Å²) in [4.78, 5) is 3.14. The summed E-state index contributed by atoms with van der Waals surface area (Å²) >= 11 is 0. The molecule has 0 aliphatic carbocycles. The van der Waals surface area contributed by atoms with E-state index in [2.05, 4.69) is 23.3 Å². The third-order valence-corrected chi connectivity index (χ3v) is 3.34. The van der Waals surface area contributed by atoms with Crippen LogP contribution in [0.1, 0.15) is 30.9 Å². The Morgan fingerprint density at radius 2 is 2.10 bits per heavy atom. The minimum atomic E-state index is -0.290. The molecule has 2 rings (SSSR count). The van der Waals surface area contributed by atoms with Gasteiger partial charge >= 0.3 is 0 Å². The molecule has 0 atom stereocenters. The minimum Gasteiger partial charge on any atom is -0.371 e. The first-order valence-corrected chi connectivity index (χ1v) is 6.80. The molecule has 0 bridgehead atoms. The Morgan fingerprint density at radius 1 is 1.35 bits per heavy atom. The zero-order valence-electron chi connectivity index (χ0n) is 11.8. The normalized spacial score (nSPS) is 10.3. The number of aromatic nitrogens is 1. The topological polar surface area (TPSA) is 51.6 Å². The number of nitriles is 1. The second-order valence-electron chi connectivity index (χ2n) is 4.75. The highest BCUT2D eigenvalue weighted by Gasteiger charge is 2.17. The Labute approximate surface area is 118 Å². The third-order valence-electron chi connectivity index (χ3n) is 3.34. The maximum absolute atomic E-state index is 13.9. The van der Waals surface area contributed by atoms with Crippen LogP contribution in [0.3, 0.4) is 0 Å². The summed E-state index contributed by atoms with van der Waals surface area (Å²) in [5, 5.41) is 12.5. The number of hydrogen-bond donors (Lipinski definition) is 2. The number of nitrogens with one attached hydrogen (secondary N) is 2. The summed E-state index contributed by atoms with van der Waals surface area (Å²) < 4.78 is 13.9. The predicted octanol–water partition coefficient (Wildman–Crippen LogP) is 4.21. The van der Waals surface area contributed by atoms with Crippen molar-refractivity contribution in [2.24, 2.45) is 0 Å². The highest BCUT2D eigenvalue weighted by Crippen LogP contribution is 2.31. The number of unbranched alkanes of at least 4 members (excludes halogenated alkanes) is 1. The first-order chi connectivity index (χ1) is 9.69. The van der Waals surface area contributed by atoms with Crippen molar-refractivity contribution in [1.82, 2.24) is 4.98 Å². The Morgan fingerprint density at radius 3 is 2.75 bits per heavy atom. The van der Waals surface area contributed by atoms with Crippen molar-refractivity contribution >= 4 is 5.82 Å². The lowest BCUT2D eigenvalue weighted by molar-refractivity contribution is 0.631. The van der Waals surface area contributed by atoms with Gasteiger partial charge in [0.1, 0.15) is 17.7 Å². The highest BCUT2D eigenvalue weighted by atomic mass is 19.1. The van der Waals surface area contributed by atoms with Gasteiger partial charge in [0.05, 0.1) is 11.3 Å². The average molecular weight is 271 g/mol. The second kappa shape index (κ2) is 6.25. The van der Waals surface area contributed by atoms with Crippen LogP contribution in [0.15, 0.2) is 24.3 Å². The van der Waals surface area contributed by atoms with Gasteiger partial charge in [-0.25, -0.2) is 4.39 Å². The molecule has 1 heterocycles. The van der Waals surface area contributed by atoms with Crippen molar-refractivity contribution in [3.8, 4) is 17.3 Å². The van der Waals surface area contributed by atoms with E-state index in [0.29, 0.717) is 22.6 Å². The zero-order chi connectivity index (χ0) is 14.5. The maximum Gasteiger partial charge on any atom is 0.132 e. The van der Waals surface area contributed by atoms with Crippen LogP contribution in [-0.4, -0.2) is 11.5 Å². The number of rotatable bonds is 5. The van der Waals surface area contributed by atoms with E-state index in [1.807, 2.05) is 6.92 Å². The van der Waals surface area contributed by atoms with E-state index in [0.717, 1.165) is 24.9 Å². The lowest BCUT2D eigenvalue weighted by Crippen LogP contribution is -2.02. The van der Waals surface area contributed by atoms with Crippen molar-refractivity contribution in [2.75, 3.05) is 11.9 Å². The largest absolute Gasteiger partial charge is 0.371 e. The summed E-state index contributed by atoms with van der Waals surface area (Å²) in [7, 11) is 0. The fraction of sp³-hybridized carbons (Fsp3) is 0.312. The van der Waals surface area contributed by atoms with Crippen LogP contribution >= 0.6 is 0 Å². The Balaban J connectivity index is 2.41. The van der Waals surface area contributed by atoms with Gasteiger partial charge in [0.25, 0.3) is 0 Å². The number of halogens is 1. The summed E-state index contributed by atoms with van der Waals surface area (Å²) in [5.74, 6) is 0.387. The smallest absolute Gasteiger partial charge is 0.132 e. The van der Waals surface area contributed by atoms with Crippen LogP contribution in [0.2, 0.25) is 0 Å². The molecule has 20 heavy (non-hydrogen) atoms. The van der Waals surface area contributed by atoms with Gasteiger partial charge in [-0.1, -0.05) is 25.5 Å². The van der Waals surface area contributed by atoms with E-state index < -0.39 is 0 Å². The van der Waals surface area contributed by atoms with E-state index in [-0.39, 0.29) is 5.82 Å². The number of hydrogen-bond acceptors (Lipinski definition) is 2. The second-order valence-corrected chi connectivity index (χ2v) is 4.75. The molecule has 0 saturated carbocycles. The maximum atomic E-state index is 13.9. The molecule has 0 fully saturated rings. The molecular weight excluding hydrogens is 253 g/mol. The lowest BCUT2D eigenvalue weighted by atomic mass is 10.1. The van der Waals surface area contributed by atoms with E-state index in [9.17, 15) is 9.65 Å². The van der Waals surface area contributed by atoms with Crippen molar-refractivity contribution < 1.29 is 4.39 Å². The molecule has 0 aliphatic heterocycles. The summed E-state index contributed by atoms with van der Waals surface area (Å²) in [6.07, 6.45) is 2.10. The molecule has 1 aromatic carbocycles. The lowest BCUT2D eigenvalue weighted by Gasteiger charge is -2.03. The summed E-state index contributed by atoms with van der Waals surface area (Å²) in [6, 6.07) is 8.76. The predicted molar refractivity (Wildman–Crippen MR) is 79.0 cm³/mol. The van der Waals surface area contributed by atoms with Crippen molar-refractivity contribution in [1.29, 1.82) is 5.26 Å². The van der Waals surface area contributed by atoms with Crippen molar-refractivity contribution in [3.63, 3.8) is 0 Å². The number of benzene rings is 1. The van der Waals surface area contributed by atoms with Crippen LogP contribution in [0.4, 0.5) is 10.2 Å². The molecule has 0 unspecified atom stereocenters. The van der Waals surface area contributed by atoms with Gasteiger partial charge in [0.2, 0.25) is 0 Å². The molecule has 0 radical (unpaired) electrons. The minimum absolute atomic E-state index is 0.290. The Hall–Kier alpha value is -2.28. The average Bonchev–Trinajstić information content (AvgIpc) is 2.76. The van der Waals surface area contributed by atoms with Gasteiger partial charge in [-0.2, -0.15) is 5.26 Å². The highest BCUT2D eigenvalue weighted by molar-refractivity contribution is 5.74. The van der Waals surface area contributed by atoms with Crippen LogP contribution in [-0.2, 0) is 0 Å². The Kier molecular flexibility index (Phi) is 4.41. The standard InChI is InChI=1S/C16H18FN3/c1-3-4-9-19-16-13(10-18)11(2)15(20-16)12-7-5-6-8-14(12)17/h5-8,19-20H,3-4,9H2,1-2H3. The third kappa shape index (κ3) is 2.67. The molecule has 104 valence electrons. The number of aromatic amines is 1. The van der Waals surface area contributed by atoms with E-state index in [1.54, 1.807) is 18.2 Å². The Bertz CT molecular complexity index is 638. The van der Waals surface area contributed by atoms with E-state index >= 15 is 0 Å². The number of anilines is 1. The fourth-order valence-electron chi connectivity index (χ4n) is 2.19. The molecule has 0 spiro atoms. The van der Waals surface area contributed by atoms with Crippen LogP contribution in [0.5, 0.6) is 0 Å². The van der Waals surface area contributed by atoms with Gasteiger partial charge in [-0.15, -0.1) is 0 Å². The van der Waals surface area contributed by atoms with E-state index in [4.69, 9.17) is 0 Å². The van der Waals surface area contributed by atoms with Gasteiger partial charge in [-0.3, -0.25) is 0 Å². The number of nitrogens with zero attached hydrogens (tertiary/aromatic N) is 1. The molecule has 0 saturated heterocycles. The molecule has 3 nitrogen and oxygen atoms in total. The van der Waals surface area contributed by atoms with Crippen LogP contribution in [0.25, 0.3) is 11.3 Å². The molecule has 2 N–H and O–H groups in total. The van der Waals surface area contributed by atoms with Crippen LogP contribution in [0, 0.1) is 24.1 Å². The molecule has 0 amide bonds. The van der Waals surface area contributed by atoms with Gasteiger partial charge < -0.3 is 10.3 Å². The van der Waals surface area contributed by atoms with E-state index in [1.165, 1.54) is 6.07 Å². The monoisotopic (exact) mass is 271 g/mol. The molecule has 0 aliphatic rings. The van der Waals surface area contributed by atoms with Gasteiger partial charge in [0.15, 0.2) is 0 Å². The van der Waals surface area contributed by atoms with Crippen molar-refractivity contribution in [3.05, 3.63) is 41.2 Å². The molecular formula is C16H18FN3. The van der Waals surface area contributed by atoms with Gasteiger partial charge in [-0.05, 0) is 31.0 Å². The first kappa shape index (κ1) is 14.1. The molecule has 2 aromatic rings. The molecule has 4 heteroatoms.